The lowest BCUT2D eigenvalue weighted by Gasteiger charge is -2.30. The molecule has 0 aliphatic carbocycles. The van der Waals surface area contributed by atoms with Gasteiger partial charge in [-0.1, -0.05) is 18.2 Å². The fourth-order valence-corrected chi connectivity index (χ4v) is 5.41. The molecule has 180 valence electrons. The van der Waals surface area contributed by atoms with Gasteiger partial charge < -0.3 is 10.1 Å². The molecule has 4 rings (SSSR count). The molecule has 3 aromatic carbocycles. The van der Waals surface area contributed by atoms with Gasteiger partial charge in [-0.3, -0.25) is 19.2 Å². The molecule has 35 heavy (non-hydrogen) atoms. The highest BCUT2D eigenvalue weighted by molar-refractivity contribution is 7.92. The van der Waals surface area contributed by atoms with Crippen molar-refractivity contribution in [2.24, 2.45) is 0 Å². The minimum absolute atomic E-state index is 0.0653. The van der Waals surface area contributed by atoms with E-state index < -0.39 is 32.5 Å². The summed E-state index contributed by atoms with van der Waals surface area (Å²) in [6.07, 6.45) is 1.52. The number of fused-ring (bicyclic) bond motifs is 1. The van der Waals surface area contributed by atoms with Gasteiger partial charge in [0.2, 0.25) is 0 Å². The second-order valence-corrected chi connectivity index (χ2v) is 9.67. The van der Waals surface area contributed by atoms with Gasteiger partial charge >= 0.3 is 5.97 Å². The minimum atomic E-state index is -3.81. The molecule has 0 saturated carbocycles. The van der Waals surface area contributed by atoms with E-state index in [9.17, 15) is 28.1 Å². The van der Waals surface area contributed by atoms with Gasteiger partial charge in [0, 0.05) is 29.9 Å². The maximum absolute atomic E-state index is 13.3. The number of aryl methyl sites for hydroxylation is 1. The van der Waals surface area contributed by atoms with Gasteiger partial charge in [0.1, 0.15) is 0 Å². The molecule has 1 heterocycles. The number of methoxy groups -OCH3 is 1. The third kappa shape index (κ3) is 4.85. The summed E-state index contributed by atoms with van der Waals surface area (Å²) in [5.41, 5.74) is 1.19. The number of hydrogen-bond donors (Lipinski definition) is 1. The molecule has 1 N–H and O–H groups in total. The van der Waals surface area contributed by atoms with Crippen molar-refractivity contribution in [2.75, 3.05) is 23.3 Å². The van der Waals surface area contributed by atoms with Crippen molar-refractivity contribution in [3.63, 3.8) is 0 Å². The summed E-state index contributed by atoms with van der Waals surface area (Å²) in [5, 5.41) is 13.8. The van der Waals surface area contributed by atoms with Crippen molar-refractivity contribution >= 4 is 39.0 Å². The van der Waals surface area contributed by atoms with E-state index in [1.165, 1.54) is 34.6 Å². The molecule has 0 aromatic heterocycles. The predicted molar refractivity (Wildman–Crippen MR) is 128 cm³/mol. The molecule has 0 radical (unpaired) electrons. The van der Waals surface area contributed by atoms with Crippen LogP contribution in [-0.2, 0) is 21.2 Å². The van der Waals surface area contributed by atoms with E-state index in [1.807, 2.05) is 12.1 Å². The number of esters is 1. The quantitative estimate of drug-likeness (QED) is 0.312. The van der Waals surface area contributed by atoms with Crippen LogP contribution in [0.1, 0.15) is 32.7 Å². The molecule has 1 amide bonds. The highest BCUT2D eigenvalue weighted by Crippen LogP contribution is 2.32. The average Bonchev–Trinajstić information content (AvgIpc) is 2.87. The van der Waals surface area contributed by atoms with E-state index >= 15 is 0 Å². The topological polar surface area (TPSA) is 136 Å². The van der Waals surface area contributed by atoms with Crippen LogP contribution >= 0.6 is 0 Å². The number of ether oxygens (including phenoxy) is 1. The van der Waals surface area contributed by atoms with E-state index in [0.717, 1.165) is 31.2 Å². The minimum Gasteiger partial charge on any atom is -0.465 e. The third-order valence-electron chi connectivity index (χ3n) is 5.58. The van der Waals surface area contributed by atoms with Crippen LogP contribution in [-0.4, -0.2) is 38.9 Å². The molecule has 0 bridgehead atoms. The first-order valence-corrected chi connectivity index (χ1v) is 12.0. The van der Waals surface area contributed by atoms with Crippen LogP contribution in [0, 0.1) is 10.1 Å². The van der Waals surface area contributed by atoms with Crippen molar-refractivity contribution in [3.8, 4) is 0 Å². The number of sulfonamides is 1. The first kappa shape index (κ1) is 23.9. The summed E-state index contributed by atoms with van der Waals surface area (Å²) in [7, 11) is -2.69. The normalized spacial score (nSPS) is 13.0. The number of benzene rings is 3. The SMILES string of the molecule is COC(=O)c1cc(C(=O)Nc2ccc(S(=O)(=O)N3CCCc4ccccc43)cc2)cc([N+](=O)[O-])c1. The Morgan fingerprint density at radius 1 is 1.03 bits per heavy atom. The Morgan fingerprint density at radius 3 is 2.40 bits per heavy atom. The van der Waals surface area contributed by atoms with Gasteiger partial charge in [-0.2, -0.15) is 0 Å². The Labute approximate surface area is 201 Å². The van der Waals surface area contributed by atoms with Crippen LogP contribution in [0.3, 0.4) is 0 Å². The van der Waals surface area contributed by atoms with Gasteiger partial charge in [0.15, 0.2) is 0 Å². The maximum atomic E-state index is 13.3. The summed E-state index contributed by atoms with van der Waals surface area (Å²) < 4.78 is 32.5. The van der Waals surface area contributed by atoms with Gasteiger partial charge in [0.25, 0.3) is 21.6 Å². The van der Waals surface area contributed by atoms with Gasteiger partial charge in [-0.25, -0.2) is 13.2 Å². The Morgan fingerprint density at radius 2 is 1.71 bits per heavy atom. The van der Waals surface area contributed by atoms with Gasteiger partial charge in [-0.15, -0.1) is 0 Å². The Kier molecular flexibility index (Phi) is 6.52. The number of para-hydroxylation sites is 1. The number of anilines is 2. The van der Waals surface area contributed by atoms with Crippen molar-refractivity contribution in [2.45, 2.75) is 17.7 Å². The van der Waals surface area contributed by atoms with E-state index in [1.54, 1.807) is 12.1 Å². The molecule has 0 fully saturated rings. The second kappa shape index (κ2) is 9.55. The third-order valence-corrected chi connectivity index (χ3v) is 7.41. The molecule has 11 heteroatoms. The predicted octanol–water partition coefficient (Wildman–Crippen LogP) is 3.78. The van der Waals surface area contributed by atoms with Crippen molar-refractivity contribution in [1.29, 1.82) is 0 Å². The zero-order valence-corrected chi connectivity index (χ0v) is 19.4. The number of hydrogen-bond acceptors (Lipinski definition) is 7. The number of carbonyl (C=O) groups is 2. The summed E-state index contributed by atoms with van der Waals surface area (Å²) in [5.74, 6) is -1.53. The molecule has 0 spiro atoms. The van der Waals surface area contributed by atoms with E-state index in [-0.39, 0.29) is 21.7 Å². The molecule has 3 aromatic rings. The number of carbonyl (C=O) groups excluding carboxylic acids is 2. The molecule has 0 atom stereocenters. The highest BCUT2D eigenvalue weighted by Gasteiger charge is 2.29. The van der Waals surface area contributed by atoms with Crippen LogP contribution in [0.2, 0.25) is 0 Å². The number of nitro benzene ring substituents is 1. The zero-order chi connectivity index (χ0) is 25.2. The molecule has 0 unspecified atom stereocenters. The second-order valence-electron chi connectivity index (χ2n) is 7.81. The standard InChI is InChI=1S/C24H21N3O7S/c1-34-24(29)18-13-17(14-20(15-18)27(30)31)23(28)25-19-8-10-21(11-9-19)35(32,33)26-12-4-6-16-5-2-3-7-22(16)26/h2-3,5,7-11,13-15H,4,6,12H2,1H3,(H,25,28). The average molecular weight is 496 g/mol. The molecule has 1 aliphatic rings. The van der Waals surface area contributed by atoms with Gasteiger partial charge in [-0.05, 0) is 54.8 Å². The lowest BCUT2D eigenvalue weighted by atomic mass is 10.0. The summed E-state index contributed by atoms with van der Waals surface area (Å²) in [6, 6.07) is 16.2. The van der Waals surface area contributed by atoms with E-state index in [4.69, 9.17) is 0 Å². The molecular weight excluding hydrogens is 474 g/mol. The maximum Gasteiger partial charge on any atom is 0.338 e. The zero-order valence-electron chi connectivity index (χ0n) is 18.6. The van der Waals surface area contributed by atoms with Crippen molar-refractivity contribution < 1.29 is 27.7 Å². The fraction of sp³-hybridized carbons (Fsp3) is 0.167. The monoisotopic (exact) mass is 495 g/mol. The van der Waals surface area contributed by atoms with Gasteiger partial charge in [0.05, 0.1) is 28.2 Å². The lowest BCUT2D eigenvalue weighted by Crippen LogP contribution is -2.35. The number of non-ortho nitro benzene ring substituents is 1. The van der Waals surface area contributed by atoms with Crippen LogP contribution < -0.4 is 9.62 Å². The molecule has 10 nitrogen and oxygen atoms in total. The largest absolute Gasteiger partial charge is 0.465 e. The van der Waals surface area contributed by atoms with E-state index in [0.29, 0.717) is 18.7 Å². The Hall–Kier alpha value is -4.25. The summed E-state index contributed by atoms with van der Waals surface area (Å²) in [4.78, 5) is 35.1. The number of nitro groups is 1. The molecule has 0 saturated heterocycles. The van der Waals surface area contributed by atoms with Crippen LogP contribution in [0.4, 0.5) is 17.1 Å². The first-order chi connectivity index (χ1) is 16.7. The number of nitrogens with one attached hydrogen (secondary N) is 1. The van der Waals surface area contributed by atoms with E-state index in [2.05, 4.69) is 10.1 Å². The van der Waals surface area contributed by atoms with Crippen molar-refractivity contribution in [1.82, 2.24) is 0 Å². The lowest BCUT2D eigenvalue weighted by molar-refractivity contribution is -0.384. The first-order valence-electron chi connectivity index (χ1n) is 10.6. The highest BCUT2D eigenvalue weighted by atomic mass is 32.2. The molecular formula is C24H21N3O7S. The Balaban J connectivity index is 1.57. The number of rotatable bonds is 6. The summed E-state index contributed by atoms with van der Waals surface area (Å²) in [6.45, 7) is 0.368. The van der Waals surface area contributed by atoms with Crippen molar-refractivity contribution in [3.05, 3.63) is 93.5 Å². The van der Waals surface area contributed by atoms with Crippen LogP contribution in [0.5, 0.6) is 0 Å². The van der Waals surface area contributed by atoms with Crippen LogP contribution in [0.25, 0.3) is 0 Å². The van der Waals surface area contributed by atoms with Crippen LogP contribution in [0.15, 0.2) is 71.6 Å². The number of nitrogens with zero attached hydrogens (tertiary/aromatic N) is 2. The smallest absolute Gasteiger partial charge is 0.338 e. The Bertz CT molecular complexity index is 1420. The summed E-state index contributed by atoms with van der Waals surface area (Å²) >= 11 is 0. The number of amides is 1. The fourth-order valence-electron chi connectivity index (χ4n) is 3.87. The molecule has 1 aliphatic heterocycles.